The van der Waals surface area contributed by atoms with Crippen LogP contribution in [0.1, 0.15) is 26.7 Å². The highest BCUT2D eigenvalue weighted by atomic mass is 19.1. The lowest BCUT2D eigenvalue weighted by Crippen LogP contribution is -2.15. The standard InChI is InChI=1S/C11H15FN2O2/c1-3-4-8(2)13-11-6-5-9(14(15)16)7-10(11)12/h5-8,13H,3-4H2,1-2H3. The van der Waals surface area contributed by atoms with E-state index in [1.165, 1.54) is 12.1 Å². The van der Waals surface area contributed by atoms with Crippen molar-refractivity contribution in [3.8, 4) is 0 Å². The third kappa shape index (κ3) is 3.18. The molecule has 0 saturated carbocycles. The fourth-order valence-electron chi connectivity index (χ4n) is 1.51. The zero-order chi connectivity index (χ0) is 12.1. The van der Waals surface area contributed by atoms with Crippen molar-refractivity contribution in [2.45, 2.75) is 32.7 Å². The first-order chi connectivity index (χ1) is 7.54. The number of nitro benzene ring substituents is 1. The van der Waals surface area contributed by atoms with Gasteiger partial charge in [0.25, 0.3) is 5.69 Å². The molecule has 0 aliphatic heterocycles. The van der Waals surface area contributed by atoms with E-state index in [0.29, 0.717) is 5.69 Å². The molecule has 5 heteroatoms. The Morgan fingerprint density at radius 1 is 1.56 bits per heavy atom. The van der Waals surface area contributed by atoms with Gasteiger partial charge in [0.15, 0.2) is 5.82 Å². The van der Waals surface area contributed by atoms with Crippen molar-refractivity contribution in [1.82, 2.24) is 0 Å². The maximum absolute atomic E-state index is 13.4. The number of hydrogen-bond acceptors (Lipinski definition) is 3. The van der Waals surface area contributed by atoms with Gasteiger partial charge in [0, 0.05) is 12.1 Å². The number of nitrogens with zero attached hydrogens (tertiary/aromatic N) is 1. The molecule has 1 unspecified atom stereocenters. The van der Waals surface area contributed by atoms with Gasteiger partial charge in [-0.05, 0) is 19.4 Å². The number of benzene rings is 1. The highest BCUT2D eigenvalue weighted by Gasteiger charge is 2.11. The van der Waals surface area contributed by atoms with Gasteiger partial charge in [0.05, 0.1) is 16.7 Å². The summed E-state index contributed by atoms with van der Waals surface area (Å²) >= 11 is 0. The second kappa shape index (κ2) is 5.44. The predicted molar refractivity (Wildman–Crippen MR) is 61.0 cm³/mol. The van der Waals surface area contributed by atoms with E-state index in [1.54, 1.807) is 0 Å². The molecule has 0 saturated heterocycles. The van der Waals surface area contributed by atoms with E-state index in [-0.39, 0.29) is 11.7 Å². The van der Waals surface area contributed by atoms with Gasteiger partial charge in [0.2, 0.25) is 0 Å². The molecule has 0 aromatic heterocycles. The number of halogens is 1. The van der Waals surface area contributed by atoms with Gasteiger partial charge < -0.3 is 5.32 Å². The van der Waals surface area contributed by atoms with E-state index in [0.717, 1.165) is 18.9 Å². The Bertz CT molecular complexity index is 382. The lowest BCUT2D eigenvalue weighted by atomic mass is 10.2. The first kappa shape index (κ1) is 12.4. The molecule has 0 amide bonds. The molecular weight excluding hydrogens is 211 g/mol. The average molecular weight is 226 g/mol. The summed E-state index contributed by atoms with van der Waals surface area (Å²) in [5, 5.41) is 13.4. The van der Waals surface area contributed by atoms with Crippen LogP contribution in [-0.4, -0.2) is 11.0 Å². The third-order valence-electron chi connectivity index (χ3n) is 2.29. The maximum Gasteiger partial charge on any atom is 0.272 e. The van der Waals surface area contributed by atoms with Crippen LogP contribution in [0.4, 0.5) is 15.8 Å². The van der Waals surface area contributed by atoms with E-state index in [9.17, 15) is 14.5 Å². The van der Waals surface area contributed by atoms with Crippen molar-refractivity contribution in [2.75, 3.05) is 5.32 Å². The Hall–Kier alpha value is -1.65. The minimum absolute atomic E-state index is 0.154. The number of non-ortho nitro benzene ring substituents is 1. The lowest BCUT2D eigenvalue weighted by Gasteiger charge is -2.14. The Morgan fingerprint density at radius 3 is 2.75 bits per heavy atom. The highest BCUT2D eigenvalue weighted by molar-refractivity contribution is 5.50. The summed E-state index contributed by atoms with van der Waals surface area (Å²) in [6, 6.07) is 3.78. The van der Waals surface area contributed by atoms with E-state index < -0.39 is 10.7 Å². The summed E-state index contributed by atoms with van der Waals surface area (Å²) in [6.45, 7) is 3.99. The summed E-state index contributed by atoms with van der Waals surface area (Å²) in [6.07, 6.45) is 1.93. The van der Waals surface area contributed by atoms with Gasteiger partial charge in [-0.2, -0.15) is 0 Å². The lowest BCUT2D eigenvalue weighted by molar-refractivity contribution is -0.385. The molecule has 1 atom stereocenters. The Morgan fingerprint density at radius 2 is 2.25 bits per heavy atom. The monoisotopic (exact) mass is 226 g/mol. The molecule has 0 heterocycles. The number of anilines is 1. The first-order valence-corrected chi connectivity index (χ1v) is 5.25. The highest BCUT2D eigenvalue weighted by Crippen LogP contribution is 2.21. The molecule has 1 N–H and O–H groups in total. The van der Waals surface area contributed by atoms with Gasteiger partial charge in [-0.1, -0.05) is 13.3 Å². The second-order valence-electron chi connectivity index (χ2n) is 3.76. The van der Waals surface area contributed by atoms with Gasteiger partial charge in [0.1, 0.15) is 0 Å². The summed E-state index contributed by atoms with van der Waals surface area (Å²) in [4.78, 5) is 9.80. The molecule has 4 nitrogen and oxygen atoms in total. The molecule has 0 spiro atoms. The topological polar surface area (TPSA) is 55.2 Å². The first-order valence-electron chi connectivity index (χ1n) is 5.25. The van der Waals surface area contributed by atoms with Crippen molar-refractivity contribution < 1.29 is 9.31 Å². The van der Waals surface area contributed by atoms with Gasteiger partial charge in [-0.25, -0.2) is 4.39 Å². The third-order valence-corrected chi connectivity index (χ3v) is 2.29. The van der Waals surface area contributed by atoms with Crippen molar-refractivity contribution in [3.63, 3.8) is 0 Å². The van der Waals surface area contributed by atoms with Crippen molar-refractivity contribution in [3.05, 3.63) is 34.1 Å². The normalized spacial score (nSPS) is 12.2. The molecule has 0 aliphatic rings. The fraction of sp³-hybridized carbons (Fsp3) is 0.455. The van der Waals surface area contributed by atoms with E-state index in [4.69, 9.17) is 0 Å². The summed E-state index contributed by atoms with van der Waals surface area (Å²) < 4.78 is 13.4. The molecule has 0 aliphatic carbocycles. The number of rotatable bonds is 5. The van der Waals surface area contributed by atoms with Crippen LogP contribution in [-0.2, 0) is 0 Å². The second-order valence-corrected chi connectivity index (χ2v) is 3.76. The molecule has 0 radical (unpaired) electrons. The average Bonchev–Trinajstić information content (AvgIpc) is 2.21. The molecule has 16 heavy (non-hydrogen) atoms. The largest absolute Gasteiger partial charge is 0.380 e. The Labute approximate surface area is 93.6 Å². The minimum Gasteiger partial charge on any atom is -0.380 e. The maximum atomic E-state index is 13.4. The quantitative estimate of drug-likeness (QED) is 0.618. The predicted octanol–water partition coefficient (Wildman–Crippen LogP) is 3.33. The SMILES string of the molecule is CCCC(C)Nc1ccc([N+](=O)[O-])cc1F. The Balaban J connectivity index is 2.79. The summed E-state index contributed by atoms with van der Waals surface area (Å²) in [7, 11) is 0. The molecule has 88 valence electrons. The molecule has 1 aromatic rings. The van der Waals surface area contributed by atoms with E-state index in [2.05, 4.69) is 5.32 Å². The van der Waals surface area contributed by atoms with Gasteiger partial charge in [-0.3, -0.25) is 10.1 Å². The zero-order valence-electron chi connectivity index (χ0n) is 9.37. The van der Waals surface area contributed by atoms with Gasteiger partial charge in [-0.15, -0.1) is 0 Å². The molecule has 0 bridgehead atoms. The van der Waals surface area contributed by atoms with Crippen LogP contribution in [0.25, 0.3) is 0 Å². The van der Waals surface area contributed by atoms with Crippen LogP contribution in [0.15, 0.2) is 18.2 Å². The van der Waals surface area contributed by atoms with Crippen LogP contribution >= 0.6 is 0 Å². The van der Waals surface area contributed by atoms with Crippen molar-refractivity contribution in [1.29, 1.82) is 0 Å². The number of hydrogen-bond donors (Lipinski definition) is 1. The molecule has 1 aromatic carbocycles. The summed E-state index contributed by atoms with van der Waals surface area (Å²) in [5.74, 6) is -0.586. The molecule has 1 rings (SSSR count). The van der Waals surface area contributed by atoms with Gasteiger partial charge >= 0.3 is 0 Å². The van der Waals surface area contributed by atoms with Crippen LogP contribution in [0.5, 0.6) is 0 Å². The van der Waals surface area contributed by atoms with Crippen LogP contribution in [0, 0.1) is 15.9 Å². The van der Waals surface area contributed by atoms with Crippen LogP contribution in [0.2, 0.25) is 0 Å². The molecule has 0 fully saturated rings. The zero-order valence-corrected chi connectivity index (χ0v) is 9.37. The van der Waals surface area contributed by atoms with Crippen molar-refractivity contribution >= 4 is 11.4 Å². The summed E-state index contributed by atoms with van der Waals surface area (Å²) in [5.41, 5.74) is 0.0812. The fourth-order valence-corrected chi connectivity index (χ4v) is 1.51. The Kier molecular flexibility index (Phi) is 4.22. The van der Waals surface area contributed by atoms with E-state index >= 15 is 0 Å². The van der Waals surface area contributed by atoms with E-state index in [1.807, 2.05) is 13.8 Å². The number of nitro groups is 1. The smallest absolute Gasteiger partial charge is 0.272 e. The van der Waals surface area contributed by atoms with Crippen LogP contribution < -0.4 is 5.32 Å². The van der Waals surface area contributed by atoms with Crippen molar-refractivity contribution in [2.24, 2.45) is 0 Å². The molecular formula is C11H15FN2O2. The minimum atomic E-state index is -0.609. The number of nitrogens with one attached hydrogen (secondary N) is 1. The van der Waals surface area contributed by atoms with Crippen LogP contribution in [0.3, 0.4) is 0 Å².